The van der Waals surface area contributed by atoms with Gasteiger partial charge in [0.2, 0.25) is 0 Å². The van der Waals surface area contributed by atoms with Crippen LogP contribution in [0.2, 0.25) is 0 Å². The van der Waals surface area contributed by atoms with Gasteiger partial charge >= 0.3 is 7.60 Å². The molecule has 1 radical (unpaired) electrons. The average Bonchev–Trinajstić information content (AvgIpc) is 2.64. The minimum absolute atomic E-state index is 0. The summed E-state index contributed by atoms with van der Waals surface area (Å²) in [6.07, 6.45) is 4.36. The SMILES string of the molecule is COP(=O)(O)c1ccncn1.[Ir].[c-]1ccccc1-c1ccccn1. The van der Waals surface area contributed by atoms with Crippen LogP contribution in [-0.4, -0.2) is 27.0 Å². The zero-order valence-electron chi connectivity index (χ0n) is 12.7. The van der Waals surface area contributed by atoms with Crippen molar-refractivity contribution in [1.82, 2.24) is 15.0 Å². The smallest absolute Gasteiger partial charge is 0.320 e. The number of rotatable bonds is 3. The fourth-order valence-electron chi connectivity index (χ4n) is 1.62. The molecule has 0 spiro atoms. The van der Waals surface area contributed by atoms with E-state index in [0.717, 1.165) is 18.4 Å². The van der Waals surface area contributed by atoms with E-state index in [1.807, 2.05) is 42.5 Å². The fraction of sp³-hybridized carbons (Fsp3) is 0.0625. The average molecular weight is 521 g/mol. The maximum Gasteiger partial charge on any atom is 0.376 e. The topological polar surface area (TPSA) is 85.2 Å². The van der Waals surface area contributed by atoms with Gasteiger partial charge in [0, 0.05) is 39.6 Å². The summed E-state index contributed by atoms with van der Waals surface area (Å²) in [5, 5.41) is 0. The summed E-state index contributed by atoms with van der Waals surface area (Å²) in [5.74, 6) is 0. The summed E-state index contributed by atoms with van der Waals surface area (Å²) >= 11 is 0. The molecular weight excluding hydrogens is 505 g/mol. The Hall–Kier alpha value is -1.75. The molecule has 0 saturated heterocycles. The Bertz CT molecular complexity index is 724. The minimum atomic E-state index is -3.68. The van der Waals surface area contributed by atoms with Gasteiger partial charge in [-0.25, -0.2) is 9.97 Å². The largest absolute Gasteiger partial charge is 0.376 e. The van der Waals surface area contributed by atoms with Gasteiger partial charge in [0.15, 0.2) is 5.44 Å². The molecule has 2 heterocycles. The number of nitrogens with zero attached hydrogens (tertiary/aromatic N) is 3. The predicted molar refractivity (Wildman–Crippen MR) is 87.0 cm³/mol. The van der Waals surface area contributed by atoms with Crippen molar-refractivity contribution in [3.8, 4) is 11.3 Å². The molecular formula is C16H15IrN3O3P-. The summed E-state index contributed by atoms with van der Waals surface area (Å²) in [7, 11) is -2.52. The van der Waals surface area contributed by atoms with Crippen LogP contribution in [0.1, 0.15) is 0 Å². The van der Waals surface area contributed by atoms with Crippen LogP contribution >= 0.6 is 7.60 Å². The third-order valence-corrected chi connectivity index (χ3v) is 4.09. The Morgan fingerprint density at radius 1 is 1.08 bits per heavy atom. The number of hydrogen-bond donors (Lipinski definition) is 1. The minimum Gasteiger partial charge on any atom is -0.320 e. The Labute approximate surface area is 153 Å². The van der Waals surface area contributed by atoms with Gasteiger partial charge in [-0.3, -0.25) is 4.57 Å². The third kappa shape index (κ3) is 6.04. The van der Waals surface area contributed by atoms with Crippen LogP contribution < -0.4 is 5.44 Å². The van der Waals surface area contributed by atoms with Gasteiger partial charge in [-0.2, -0.15) is 0 Å². The molecule has 0 aliphatic carbocycles. The first-order chi connectivity index (χ1) is 11.1. The van der Waals surface area contributed by atoms with E-state index >= 15 is 0 Å². The number of pyridine rings is 1. The van der Waals surface area contributed by atoms with Crippen LogP contribution in [0, 0.1) is 6.07 Å². The summed E-state index contributed by atoms with van der Waals surface area (Å²) < 4.78 is 15.4. The Kier molecular flexibility index (Phi) is 8.61. The van der Waals surface area contributed by atoms with Crippen molar-refractivity contribution >= 4 is 13.0 Å². The number of aromatic nitrogens is 3. The van der Waals surface area contributed by atoms with E-state index in [2.05, 4.69) is 25.5 Å². The Morgan fingerprint density at radius 3 is 2.42 bits per heavy atom. The van der Waals surface area contributed by atoms with Crippen LogP contribution in [-0.2, 0) is 29.2 Å². The molecule has 1 aromatic carbocycles. The Morgan fingerprint density at radius 2 is 1.88 bits per heavy atom. The molecule has 6 nitrogen and oxygen atoms in total. The maximum absolute atomic E-state index is 11.0. The molecule has 2 aromatic heterocycles. The van der Waals surface area contributed by atoms with Crippen LogP contribution in [0.3, 0.4) is 0 Å². The molecule has 1 N–H and O–H groups in total. The van der Waals surface area contributed by atoms with Crippen LogP contribution in [0.4, 0.5) is 0 Å². The van der Waals surface area contributed by atoms with E-state index in [1.165, 1.54) is 18.6 Å². The maximum atomic E-state index is 11.0. The van der Waals surface area contributed by atoms with Crippen LogP contribution in [0.15, 0.2) is 67.3 Å². The van der Waals surface area contributed by atoms with Crippen molar-refractivity contribution in [2.75, 3.05) is 7.11 Å². The van der Waals surface area contributed by atoms with Crippen molar-refractivity contribution in [2.24, 2.45) is 0 Å². The molecule has 127 valence electrons. The van der Waals surface area contributed by atoms with E-state index in [1.54, 1.807) is 6.20 Å². The van der Waals surface area contributed by atoms with Gasteiger partial charge in [0.05, 0.1) is 0 Å². The summed E-state index contributed by atoms with van der Waals surface area (Å²) in [6.45, 7) is 0. The second-order valence-corrected chi connectivity index (χ2v) is 6.13. The van der Waals surface area contributed by atoms with Gasteiger partial charge in [0.1, 0.15) is 6.33 Å². The molecule has 0 fully saturated rings. The monoisotopic (exact) mass is 521 g/mol. The van der Waals surface area contributed by atoms with Gasteiger partial charge in [-0.05, 0) is 17.8 Å². The quantitative estimate of drug-likeness (QED) is 0.422. The van der Waals surface area contributed by atoms with E-state index in [4.69, 9.17) is 4.89 Å². The standard InChI is InChI=1S/C11H8N.C5H7N2O3P.Ir/c1-2-6-10(7-3-1)11-8-4-5-9-12-11;1-10-11(8,9)5-2-3-6-4-7-5;/h1-6,8-9H;2-4H,1H3,(H,8,9);/q-1;;. The van der Waals surface area contributed by atoms with Gasteiger partial charge in [-0.1, -0.05) is 12.1 Å². The van der Waals surface area contributed by atoms with Crippen LogP contribution in [0.5, 0.6) is 0 Å². The predicted octanol–water partition coefficient (Wildman–Crippen LogP) is 2.48. The van der Waals surface area contributed by atoms with Crippen molar-refractivity contribution in [2.45, 2.75) is 0 Å². The molecule has 24 heavy (non-hydrogen) atoms. The molecule has 0 bridgehead atoms. The van der Waals surface area contributed by atoms with E-state index < -0.39 is 7.60 Å². The van der Waals surface area contributed by atoms with Crippen molar-refractivity contribution in [1.29, 1.82) is 0 Å². The molecule has 1 unspecified atom stereocenters. The molecule has 0 aliphatic heterocycles. The summed E-state index contributed by atoms with van der Waals surface area (Å²) in [4.78, 5) is 20.4. The summed E-state index contributed by atoms with van der Waals surface area (Å²) in [6, 6.07) is 18.2. The van der Waals surface area contributed by atoms with Gasteiger partial charge < -0.3 is 14.4 Å². The Balaban J connectivity index is 0.000000232. The van der Waals surface area contributed by atoms with Crippen LogP contribution in [0.25, 0.3) is 11.3 Å². The zero-order chi connectivity index (χ0) is 16.5. The van der Waals surface area contributed by atoms with Crippen molar-refractivity contribution < 1.29 is 34.1 Å². The molecule has 3 aromatic rings. The second kappa shape index (κ2) is 10.2. The molecule has 0 aliphatic rings. The van der Waals surface area contributed by atoms with E-state index in [9.17, 15) is 4.57 Å². The second-order valence-electron chi connectivity index (χ2n) is 4.26. The number of hydrogen-bond acceptors (Lipinski definition) is 5. The zero-order valence-corrected chi connectivity index (χ0v) is 16.0. The van der Waals surface area contributed by atoms with Crippen molar-refractivity contribution in [3.05, 3.63) is 73.3 Å². The van der Waals surface area contributed by atoms with Gasteiger partial charge in [-0.15, -0.1) is 35.9 Å². The first-order valence-corrected chi connectivity index (χ1v) is 8.24. The van der Waals surface area contributed by atoms with E-state index in [0.29, 0.717) is 0 Å². The molecule has 3 rings (SSSR count). The fourth-order valence-corrected chi connectivity index (χ4v) is 2.26. The first kappa shape index (κ1) is 20.3. The van der Waals surface area contributed by atoms with Crippen molar-refractivity contribution in [3.63, 3.8) is 0 Å². The molecule has 8 heteroatoms. The number of benzene rings is 1. The normalized spacial score (nSPS) is 12.1. The summed E-state index contributed by atoms with van der Waals surface area (Å²) in [5.41, 5.74) is 2.02. The molecule has 1 atom stereocenters. The molecule has 0 amide bonds. The first-order valence-electron chi connectivity index (χ1n) is 6.67. The van der Waals surface area contributed by atoms with Gasteiger partial charge in [0.25, 0.3) is 0 Å². The molecule has 0 saturated carbocycles. The van der Waals surface area contributed by atoms with E-state index in [-0.39, 0.29) is 25.5 Å². The third-order valence-electron chi connectivity index (χ3n) is 2.75.